The summed E-state index contributed by atoms with van der Waals surface area (Å²) in [6.45, 7) is 5.89. The summed E-state index contributed by atoms with van der Waals surface area (Å²) in [6, 6.07) is 2.19. The third-order valence-corrected chi connectivity index (χ3v) is 1.19. The zero-order chi connectivity index (χ0) is 7.91. The average molecular weight is 129 g/mol. The maximum atomic E-state index is 8.34. The zero-order valence-electron chi connectivity index (χ0n) is 6.60. The molecule has 0 saturated heterocycles. The first-order valence-corrected chi connectivity index (χ1v) is 2.98. The molecule has 0 aliphatic rings. The molecule has 0 aliphatic carbocycles. The Morgan fingerprint density at radius 1 is 1.44 bits per heavy atom. The van der Waals surface area contributed by atoms with E-state index in [9.17, 15) is 0 Å². The molecule has 0 heterocycles. The van der Waals surface area contributed by atoms with Crippen LogP contribution in [0.2, 0.25) is 0 Å². The van der Waals surface area contributed by atoms with Crippen LogP contribution >= 0.6 is 0 Å². The van der Waals surface area contributed by atoms with Crippen molar-refractivity contribution in [3.8, 4) is 6.07 Å². The molecule has 0 amide bonds. The third kappa shape index (κ3) is 7.45. The van der Waals surface area contributed by atoms with E-state index in [1.165, 1.54) is 0 Å². The highest BCUT2D eigenvalue weighted by molar-refractivity contribution is 4.89. The number of rotatable bonds is 1. The molecule has 0 aromatic heterocycles. The number of nitrogens with zero attached hydrogens (tertiary/aromatic N) is 1. The molecule has 0 fully saturated rings. The van der Waals surface area contributed by atoms with Crippen LogP contribution in [-0.4, -0.2) is 12.2 Å². The maximum absolute atomic E-state index is 8.34. The van der Waals surface area contributed by atoms with E-state index in [1.807, 2.05) is 20.8 Å². The predicted octanol–water partition coefficient (Wildman–Crippen LogP) is 1.55. The van der Waals surface area contributed by atoms with Crippen molar-refractivity contribution in [2.24, 2.45) is 5.41 Å². The number of hydrogen-bond donors (Lipinski definition) is 1. The normalized spacial score (nSPS) is 8.89. The summed E-state index contributed by atoms with van der Waals surface area (Å²) in [5, 5.41) is 15.3. The Balaban J connectivity index is 0. The van der Waals surface area contributed by atoms with Crippen molar-refractivity contribution in [3.05, 3.63) is 0 Å². The van der Waals surface area contributed by atoms with Gasteiger partial charge in [-0.05, 0) is 20.3 Å². The van der Waals surface area contributed by atoms with Gasteiger partial charge in [0.2, 0.25) is 0 Å². The van der Waals surface area contributed by atoms with Gasteiger partial charge in [-0.1, -0.05) is 6.92 Å². The molecule has 0 rings (SSSR count). The molecule has 2 nitrogen and oxygen atoms in total. The lowest BCUT2D eigenvalue weighted by atomic mass is 9.93. The van der Waals surface area contributed by atoms with Crippen molar-refractivity contribution in [2.75, 3.05) is 7.11 Å². The van der Waals surface area contributed by atoms with Gasteiger partial charge in [0.25, 0.3) is 0 Å². The maximum Gasteiger partial charge on any atom is 0.0683 e. The summed E-state index contributed by atoms with van der Waals surface area (Å²) in [4.78, 5) is 0. The Morgan fingerprint density at radius 3 is 1.78 bits per heavy atom. The molecule has 0 spiro atoms. The van der Waals surface area contributed by atoms with Crippen molar-refractivity contribution in [1.29, 1.82) is 5.26 Å². The molecule has 0 unspecified atom stereocenters. The second kappa shape index (κ2) is 5.58. The third-order valence-electron chi connectivity index (χ3n) is 1.19. The van der Waals surface area contributed by atoms with Crippen LogP contribution in [0.3, 0.4) is 0 Å². The van der Waals surface area contributed by atoms with Crippen LogP contribution in [0.1, 0.15) is 27.2 Å². The van der Waals surface area contributed by atoms with Gasteiger partial charge in [-0.15, -0.1) is 0 Å². The molecule has 0 aromatic carbocycles. The second-order valence-corrected chi connectivity index (χ2v) is 2.35. The highest BCUT2D eigenvalue weighted by Gasteiger charge is 2.11. The quantitative estimate of drug-likeness (QED) is 0.583. The lowest BCUT2D eigenvalue weighted by molar-refractivity contribution is 0.399. The molecular weight excluding hydrogens is 114 g/mol. The molecule has 2 heteroatoms. The van der Waals surface area contributed by atoms with Gasteiger partial charge in [-0.25, -0.2) is 0 Å². The first-order chi connectivity index (χ1) is 4.12. The van der Waals surface area contributed by atoms with Gasteiger partial charge < -0.3 is 5.11 Å². The largest absolute Gasteiger partial charge is 0.400 e. The van der Waals surface area contributed by atoms with E-state index < -0.39 is 0 Å². The van der Waals surface area contributed by atoms with Crippen LogP contribution in [-0.2, 0) is 0 Å². The average Bonchev–Trinajstić information content (AvgIpc) is 1.93. The highest BCUT2D eigenvalue weighted by Crippen LogP contribution is 2.16. The van der Waals surface area contributed by atoms with Crippen molar-refractivity contribution >= 4 is 0 Å². The van der Waals surface area contributed by atoms with E-state index in [4.69, 9.17) is 10.4 Å². The Morgan fingerprint density at radius 2 is 1.78 bits per heavy atom. The Kier molecular flexibility index (Phi) is 6.99. The van der Waals surface area contributed by atoms with Crippen LogP contribution < -0.4 is 0 Å². The molecule has 0 aliphatic heterocycles. The summed E-state index contributed by atoms with van der Waals surface area (Å²) < 4.78 is 0. The van der Waals surface area contributed by atoms with Gasteiger partial charge in [-0.2, -0.15) is 5.26 Å². The summed E-state index contributed by atoms with van der Waals surface area (Å²) in [5.41, 5.74) is -0.111. The monoisotopic (exact) mass is 129 g/mol. The minimum atomic E-state index is -0.111. The Bertz CT molecular complexity index is 91.6. The zero-order valence-corrected chi connectivity index (χ0v) is 6.60. The van der Waals surface area contributed by atoms with E-state index in [-0.39, 0.29) is 5.41 Å². The van der Waals surface area contributed by atoms with E-state index in [1.54, 1.807) is 0 Å². The van der Waals surface area contributed by atoms with Gasteiger partial charge in [0.1, 0.15) is 0 Å². The number of aliphatic hydroxyl groups is 1. The van der Waals surface area contributed by atoms with E-state index in [0.717, 1.165) is 13.5 Å². The standard InChI is InChI=1S/C6H11N.CH4O/c1-4-6(2,3)5-7;1-2/h4H2,1-3H3;2H,1H3. The molecule has 0 saturated carbocycles. The predicted molar refractivity (Wildman–Crippen MR) is 37.8 cm³/mol. The van der Waals surface area contributed by atoms with Crippen molar-refractivity contribution < 1.29 is 5.11 Å². The smallest absolute Gasteiger partial charge is 0.0683 e. The molecule has 0 bridgehead atoms. The summed E-state index contributed by atoms with van der Waals surface area (Å²) >= 11 is 0. The fraction of sp³-hybridized carbons (Fsp3) is 0.857. The van der Waals surface area contributed by atoms with Crippen molar-refractivity contribution in [3.63, 3.8) is 0 Å². The topological polar surface area (TPSA) is 44.0 Å². The summed E-state index contributed by atoms with van der Waals surface area (Å²) in [6.07, 6.45) is 0.934. The van der Waals surface area contributed by atoms with Crippen molar-refractivity contribution in [2.45, 2.75) is 27.2 Å². The van der Waals surface area contributed by atoms with Crippen LogP contribution in [0.4, 0.5) is 0 Å². The van der Waals surface area contributed by atoms with Crippen LogP contribution in [0.5, 0.6) is 0 Å². The highest BCUT2D eigenvalue weighted by atomic mass is 16.2. The molecule has 0 radical (unpaired) electrons. The first-order valence-electron chi connectivity index (χ1n) is 2.98. The second-order valence-electron chi connectivity index (χ2n) is 2.35. The lowest BCUT2D eigenvalue weighted by Gasteiger charge is -2.08. The summed E-state index contributed by atoms with van der Waals surface area (Å²) in [7, 11) is 1.00. The molecule has 0 aromatic rings. The van der Waals surface area contributed by atoms with Crippen molar-refractivity contribution in [1.82, 2.24) is 0 Å². The van der Waals surface area contributed by atoms with Gasteiger partial charge in [0, 0.05) is 7.11 Å². The number of hydrogen-bond acceptors (Lipinski definition) is 2. The van der Waals surface area contributed by atoms with E-state index >= 15 is 0 Å². The molecule has 54 valence electrons. The fourth-order valence-electron chi connectivity index (χ4n) is 0.0791. The Labute approximate surface area is 57.1 Å². The number of nitriles is 1. The molecule has 9 heavy (non-hydrogen) atoms. The molecule has 1 N–H and O–H groups in total. The summed E-state index contributed by atoms with van der Waals surface area (Å²) in [5.74, 6) is 0. The van der Waals surface area contributed by atoms with Gasteiger partial charge >= 0.3 is 0 Å². The Hall–Kier alpha value is -0.550. The fourth-order valence-corrected chi connectivity index (χ4v) is 0.0791. The van der Waals surface area contributed by atoms with Gasteiger partial charge in [-0.3, -0.25) is 0 Å². The van der Waals surface area contributed by atoms with Crippen LogP contribution in [0.25, 0.3) is 0 Å². The minimum Gasteiger partial charge on any atom is -0.400 e. The lowest BCUT2D eigenvalue weighted by Crippen LogP contribution is -2.03. The number of aliphatic hydroxyl groups excluding tert-OH is 1. The van der Waals surface area contributed by atoms with Crippen LogP contribution in [0, 0.1) is 16.7 Å². The SMILES string of the molecule is CCC(C)(C)C#N.CO. The van der Waals surface area contributed by atoms with Gasteiger partial charge in [0.05, 0.1) is 11.5 Å². The van der Waals surface area contributed by atoms with Gasteiger partial charge in [0.15, 0.2) is 0 Å². The van der Waals surface area contributed by atoms with E-state index in [2.05, 4.69) is 6.07 Å². The minimum absolute atomic E-state index is 0.111. The molecular formula is C7H15NO. The van der Waals surface area contributed by atoms with E-state index in [0.29, 0.717) is 0 Å². The van der Waals surface area contributed by atoms with Crippen LogP contribution in [0.15, 0.2) is 0 Å². The molecule has 0 atom stereocenters. The first kappa shape index (κ1) is 11.3.